The topological polar surface area (TPSA) is 113 Å². The summed E-state index contributed by atoms with van der Waals surface area (Å²) in [5.74, 6) is 0.0732. The molecule has 1 saturated heterocycles. The lowest BCUT2D eigenvalue weighted by Gasteiger charge is -2.31. The number of ether oxygens (including phenoxy) is 1. The van der Waals surface area contributed by atoms with E-state index in [9.17, 15) is 21.6 Å². The summed E-state index contributed by atoms with van der Waals surface area (Å²) in [5, 5.41) is 4.50. The SMILES string of the molecule is CN(c1ccc(OCC(=O)NC2CCCN(S(C)(=O)=O)C2)cc1)S(=O)(=O)c1cccs1. The minimum Gasteiger partial charge on any atom is -0.484 e. The molecule has 2 aromatic rings. The fourth-order valence-electron chi connectivity index (χ4n) is 3.22. The van der Waals surface area contributed by atoms with Gasteiger partial charge in [-0.15, -0.1) is 11.3 Å². The molecule has 1 aromatic carbocycles. The molecule has 0 saturated carbocycles. The summed E-state index contributed by atoms with van der Waals surface area (Å²) in [6.07, 6.45) is 2.55. The zero-order valence-electron chi connectivity index (χ0n) is 17.2. The van der Waals surface area contributed by atoms with Crippen LogP contribution in [0.5, 0.6) is 5.75 Å². The Morgan fingerprint density at radius 2 is 1.94 bits per heavy atom. The Morgan fingerprint density at radius 3 is 2.55 bits per heavy atom. The maximum atomic E-state index is 12.6. The van der Waals surface area contributed by atoms with Crippen LogP contribution >= 0.6 is 11.3 Å². The predicted molar refractivity (Wildman–Crippen MR) is 119 cm³/mol. The summed E-state index contributed by atoms with van der Waals surface area (Å²) >= 11 is 1.15. The summed E-state index contributed by atoms with van der Waals surface area (Å²) in [4.78, 5) is 12.2. The Bertz CT molecular complexity index is 1100. The highest BCUT2D eigenvalue weighted by atomic mass is 32.2. The van der Waals surface area contributed by atoms with Crippen LogP contribution in [0.3, 0.4) is 0 Å². The summed E-state index contributed by atoms with van der Waals surface area (Å²) in [6, 6.07) is 9.36. The number of anilines is 1. The monoisotopic (exact) mass is 487 g/mol. The largest absolute Gasteiger partial charge is 0.484 e. The van der Waals surface area contributed by atoms with E-state index in [-0.39, 0.29) is 29.3 Å². The van der Waals surface area contributed by atoms with Crippen LogP contribution in [0.1, 0.15) is 12.8 Å². The highest BCUT2D eigenvalue weighted by molar-refractivity contribution is 7.94. The lowest BCUT2D eigenvalue weighted by atomic mass is 10.1. The van der Waals surface area contributed by atoms with E-state index in [1.54, 1.807) is 41.8 Å². The van der Waals surface area contributed by atoms with Gasteiger partial charge in [-0.2, -0.15) is 0 Å². The number of rotatable bonds is 8. The standard InChI is InChI=1S/C19H25N3O6S3/c1-21(31(26,27)19-6-4-12-29-19)16-7-9-17(10-8-16)28-14-18(23)20-15-5-3-11-22(13-15)30(2,24)25/h4,6-10,12,15H,3,5,11,13-14H2,1-2H3,(H,20,23). The first kappa shape index (κ1) is 23.5. The fourth-order valence-corrected chi connectivity index (χ4v) is 6.48. The number of hydrogen-bond donors (Lipinski definition) is 1. The van der Waals surface area contributed by atoms with Crippen LogP contribution in [0.15, 0.2) is 46.0 Å². The number of nitrogens with zero attached hydrogens (tertiary/aromatic N) is 2. The van der Waals surface area contributed by atoms with Crippen molar-refractivity contribution in [2.75, 3.05) is 37.3 Å². The molecule has 2 heterocycles. The second-order valence-electron chi connectivity index (χ2n) is 7.21. The maximum Gasteiger partial charge on any atom is 0.273 e. The van der Waals surface area contributed by atoms with Gasteiger partial charge in [0.25, 0.3) is 15.9 Å². The second kappa shape index (κ2) is 9.55. The Morgan fingerprint density at radius 1 is 1.23 bits per heavy atom. The quantitative estimate of drug-likeness (QED) is 0.604. The van der Waals surface area contributed by atoms with Gasteiger partial charge >= 0.3 is 0 Å². The van der Waals surface area contributed by atoms with Crippen molar-refractivity contribution in [2.24, 2.45) is 0 Å². The first-order valence-electron chi connectivity index (χ1n) is 9.57. The van der Waals surface area contributed by atoms with E-state index in [2.05, 4.69) is 5.32 Å². The van der Waals surface area contributed by atoms with E-state index < -0.39 is 20.0 Å². The van der Waals surface area contributed by atoms with E-state index in [0.29, 0.717) is 30.8 Å². The third-order valence-electron chi connectivity index (χ3n) is 4.90. The van der Waals surface area contributed by atoms with Crippen LogP contribution in [0, 0.1) is 0 Å². The molecule has 1 amide bonds. The molecule has 3 rings (SSSR count). The molecule has 9 nitrogen and oxygen atoms in total. The molecular weight excluding hydrogens is 462 g/mol. The average molecular weight is 488 g/mol. The van der Waals surface area contributed by atoms with Crippen molar-refractivity contribution in [3.05, 3.63) is 41.8 Å². The van der Waals surface area contributed by atoms with Gasteiger partial charge in [0.2, 0.25) is 10.0 Å². The third-order valence-corrected chi connectivity index (χ3v) is 9.33. The lowest BCUT2D eigenvalue weighted by molar-refractivity contribution is -0.124. The summed E-state index contributed by atoms with van der Waals surface area (Å²) in [7, 11) is -5.43. The number of piperidine rings is 1. The third kappa shape index (κ3) is 5.97. The lowest BCUT2D eigenvalue weighted by Crippen LogP contribution is -2.50. The fraction of sp³-hybridized carbons (Fsp3) is 0.421. The Balaban J connectivity index is 1.53. The van der Waals surface area contributed by atoms with E-state index >= 15 is 0 Å². The molecular formula is C19H25N3O6S3. The van der Waals surface area contributed by atoms with Gasteiger partial charge in [0.05, 0.1) is 11.9 Å². The average Bonchev–Trinajstić information content (AvgIpc) is 3.27. The second-order valence-corrected chi connectivity index (χ2v) is 12.3. The molecule has 0 radical (unpaired) electrons. The number of benzene rings is 1. The van der Waals surface area contributed by atoms with E-state index in [1.165, 1.54) is 15.7 Å². The van der Waals surface area contributed by atoms with Gasteiger partial charge in [-0.25, -0.2) is 21.1 Å². The van der Waals surface area contributed by atoms with Gasteiger partial charge in [-0.3, -0.25) is 9.10 Å². The summed E-state index contributed by atoms with van der Waals surface area (Å²) < 4.78 is 56.8. The molecule has 170 valence electrons. The zero-order chi connectivity index (χ0) is 22.6. The predicted octanol–water partition coefficient (Wildman–Crippen LogP) is 1.49. The highest BCUT2D eigenvalue weighted by Gasteiger charge is 2.27. The number of amides is 1. The minimum absolute atomic E-state index is 0.224. The van der Waals surface area contributed by atoms with E-state index in [4.69, 9.17) is 4.74 Å². The van der Waals surface area contributed by atoms with Crippen molar-refractivity contribution in [1.82, 2.24) is 9.62 Å². The van der Waals surface area contributed by atoms with Crippen molar-refractivity contribution in [3.63, 3.8) is 0 Å². The molecule has 1 fully saturated rings. The summed E-state index contributed by atoms with van der Waals surface area (Å²) in [5.41, 5.74) is 0.466. The van der Waals surface area contributed by atoms with Crippen LogP contribution in [-0.4, -0.2) is 66.1 Å². The van der Waals surface area contributed by atoms with Crippen molar-refractivity contribution in [3.8, 4) is 5.75 Å². The number of sulfonamides is 2. The molecule has 12 heteroatoms. The van der Waals surface area contributed by atoms with E-state index in [0.717, 1.165) is 17.6 Å². The van der Waals surface area contributed by atoms with Gasteiger partial charge in [0.1, 0.15) is 9.96 Å². The smallest absolute Gasteiger partial charge is 0.273 e. The maximum absolute atomic E-state index is 12.6. The number of carbonyl (C=O) groups is 1. The van der Waals surface area contributed by atoms with Crippen LogP contribution in [0.25, 0.3) is 0 Å². The van der Waals surface area contributed by atoms with Crippen molar-refractivity contribution >= 4 is 43.0 Å². The number of hydrogen-bond acceptors (Lipinski definition) is 7. The molecule has 0 spiro atoms. The first-order chi connectivity index (χ1) is 14.6. The Labute approximate surface area is 186 Å². The molecule has 1 aliphatic rings. The van der Waals surface area contributed by atoms with Gasteiger partial charge < -0.3 is 10.1 Å². The Kier molecular flexibility index (Phi) is 7.24. The van der Waals surface area contributed by atoms with Crippen LogP contribution in [0.4, 0.5) is 5.69 Å². The van der Waals surface area contributed by atoms with Crippen molar-refractivity contribution in [1.29, 1.82) is 0 Å². The van der Waals surface area contributed by atoms with Gasteiger partial charge in [0, 0.05) is 26.2 Å². The van der Waals surface area contributed by atoms with Gasteiger partial charge in [-0.05, 0) is 48.6 Å². The number of carbonyl (C=O) groups excluding carboxylic acids is 1. The van der Waals surface area contributed by atoms with Crippen LogP contribution < -0.4 is 14.4 Å². The Hall–Kier alpha value is -2.15. The first-order valence-corrected chi connectivity index (χ1v) is 13.7. The van der Waals surface area contributed by atoms with Crippen molar-refractivity contribution in [2.45, 2.75) is 23.1 Å². The minimum atomic E-state index is -3.62. The zero-order valence-corrected chi connectivity index (χ0v) is 19.7. The van der Waals surface area contributed by atoms with Crippen LogP contribution in [0.2, 0.25) is 0 Å². The molecule has 1 unspecified atom stereocenters. The molecule has 1 aromatic heterocycles. The number of nitrogens with one attached hydrogen (secondary N) is 1. The normalized spacial score (nSPS) is 17.8. The van der Waals surface area contributed by atoms with E-state index in [1.807, 2.05) is 0 Å². The molecule has 1 atom stereocenters. The molecule has 0 bridgehead atoms. The molecule has 31 heavy (non-hydrogen) atoms. The molecule has 1 aliphatic heterocycles. The van der Waals surface area contributed by atoms with Crippen molar-refractivity contribution < 1.29 is 26.4 Å². The number of thiophene rings is 1. The van der Waals surface area contributed by atoms with Gasteiger partial charge in [0.15, 0.2) is 6.61 Å². The summed E-state index contributed by atoms with van der Waals surface area (Å²) in [6.45, 7) is 0.493. The van der Waals surface area contributed by atoms with Gasteiger partial charge in [-0.1, -0.05) is 6.07 Å². The molecule has 0 aliphatic carbocycles. The van der Waals surface area contributed by atoms with Crippen LogP contribution in [-0.2, 0) is 24.8 Å². The molecule has 1 N–H and O–H groups in total. The highest BCUT2D eigenvalue weighted by Crippen LogP contribution is 2.26.